The predicted molar refractivity (Wildman–Crippen MR) is 146 cm³/mol. The highest BCUT2D eigenvalue weighted by Gasteiger charge is 2.30. The predicted octanol–water partition coefficient (Wildman–Crippen LogP) is 4.54. The van der Waals surface area contributed by atoms with Crippen molar-refractivity contribution in [3.63, 3.8) is 0 Å². The minimum absolute atomic E-state index is 0.0693. The minimum atomic E-state index is -0.227. The fourth-order valence-electron chi connectivity index (χ4n) is 6.57. The van der Waals surface area contributed by atoms with Crippen molar-refractivity contribution < 1.29 is 4.79 Å². The van der Waals surface area contributed by atoms with Crippen LogP contribution in [0.15, 0.2) is 28.1 Å². The third-order valence-corrected chi connectivity index (χ3v) is 8.92. The molecule has 0 unspecified atom stereocenters. The van der Waals surface area contributed by atoms with Gasteiger partial charge in [-0.2, -0.15) is 4.98 Å². The number of aliphatic imine (C=N–C) groups is 1. The average molecular weight is 503 g/mol. The van der Waals surface area contributed by atoms with Crippen molar-refractivity contribution >= 4 is 28.6 Å². The topological polar surface area (TPSA) is 92.5 Å². The molecule has 4 heterocycles. The molecule has 0 spiro atoms. The van der Waals surface area contributed by atoms with Crippen LogP contribution in [-0.2, 0) is 0 Å². The fraction of sp³-hybridized carbons (Fsp3) is 0.621. The highest BCUT2D eigenvalue weighted by molar-refractivity contribution is 6.04. The SMILES string of the molecule is CC(=O)c1c(C)c2cnc(NC3=NC[C@@H](C4CCN(CC5CC5)CC4)C=C3)nc2n(C2CCCC2)c1=O. The molecule has 2 aromatic heterocycles. The summed E-state index contributed by atoms with van der Waals surface area (Å²) in [5.74, 6) is 3.15. The number of Topliss-reactive ketones (excluding diaryl/α,β-unsaturated/α-hetero) is 1. The van der Waals surface area contributed by atoms with E-state index >= 15 is 0 Å². The van der Waals surface area contributed by atoms with Crippen LogP contribution in [0.3, 0.4) is 0 Å². The van der Waals surface area contributed by atoms with E-state index in [1.807, 2.05) is 6.92 Å². The largest absolute Gasteiger partial charge is 0.309 e. The van der Waals surface area contributed by atoms with Crippen molar-refractivity contribution in [2.75, 3.05) is 31.5 Å². The highest BCUT2D eigenvalue weighted by atomic mass is 16.1. The number of hydrogen-bond donors (Lipinski definition) is 1. The number of aromatic nitrogens is 3. The number of dihydropyridines is 1. The molecule has 6 rings (SSSR count). The number of carbonyl (C=O) groups is 1. The summed E-state index contributed by atoms with van der Waals surface area (Å²) < 4.78 is 1.75. The Balaban J connectivity index is 1.19. The summed E-state index contributed by atoms with van der Waals surface area (Å²) in [7, 11) is 0. The molecule has 0 radical (unpaired) electrons. The number of aryl methyl sites for hydroxylation is 1. The lowest BCUT2D eigenvalue weighted by atomic mass is 9.83. The molecular weight excluding hydrogens is 464 g/mol. The summed E-state index contributed by atoms with van der Waals surface area (Å²) >= 11 is 0. The molecule has 1 N–H and O–H groups in total. The molecule has 2 aromatic rings. The minimum Gasteiger partial charge on any atom is -0.309 e. The zero-order valence-electron chi connectivity index (χ0n) is 22.1. The van der Waals surface area contributed by atoms with Crippen LogP contribution < -0.4 is 10.9 Å². The first-order chi connectivity index (χ1) is 18.0. The quantitative estimate of drug-likeness (QED) is 0.583. The van der Waals surface area contributed by atoms with Gasteiger partial charge in [-0.3, -0.25) is 19.1 Å². The van der Waals surface area contributed by atoms with Crippen molar-refractivity contribution in [3.8, 4) is 0 Å². The Morgan fingerprint density at radius 2 is 1.86 bits per heavy atom. The Morgan fingerprint density at radius 1 is 1.11 bits per heavy atom. The normalized spacial score (nSPS) is 23.5. The number of amidine groups is 1. The van der Waals surface area contributed by atoms with Gasteiger partial charge in [0.25, 0.3) is 5.56 Å². The smallest absolute Gasteiger partial charge is 0.263 e. The van der Waals surface area contributed by atoms with E-state index in [9.17, 15) is 9.59 Å². The molecular formula is C29H38N6O2. The van der Waals surface area contributed by atoms with Crippen molar-refractivity contribution in [1.29, 1.82) is 0 Å². The van der Waals surface area contributed by atoms with Gasteiger partial charge in [0, 0.05) is 30.7 Å². The van der Waals surface area contributed by atoms with Gasteiger partial charge in [-0.25, -0.2) is 4.98 Å². The second kappa shape index (κ2) is 10.1. The van der Waals surface area contributed by atoms with Gasteiger partial charge in [0.05, 0.1) is 5.56 Å². The van der Waals surface area contributed by atoms with Crippen LogP contribution in [-0.4, -0.2) is 57.2 Å². The van der Waals surface area contributed by atoms with E-state index in [0.29, 0.717) is 29.0 Å². The second-order valence-electron chi connectivity index (χ2n) is 11.6. The van der Waals surface area contributed by atoms with Crippen LogP contribution in [0.5, 0.6) is 0 Å². The number of carbonyl (C=O) groups excluding carboxylic acids is 1. The molecule has 1 saturated heterocycles. The van der Waals surface area contributed by atoms with Gasteiger partial charge in [0.15, 0.2) is 5.78 Å². The maximum Gasteiger partial charge on any atom is 0.263 e. The first kappa shape index (κ1) is 24.5. The molecule has 0 amide bonds. The summed E-state index contributed by atoms with van der Waals surface area (Å²) in [6.07, 6.45) is 15.5. The summed E-state index contributed by atoms with van der Waals surface area (Å²) in [5, 5.41) is 4.04. The number of nitrogens with zero attached hydrogens (tertiary/aromatic N) is 5. The third kappa shape index (κ3) is 5.00. The molecule has 8 nitrogen and oxygen atoms in total. The van der Waals surface area contributed by atoms with E-state index in [2.05, 4.69) is 27.4 Å². The number of rotatable bonds is 6. The first-order valence-corrected chi connectivity index (χ1v) is 14.1. The lowest BCUT2D eigenvalue weighted by Crippen LogP contribution is -2.38. The maximum absolute atomic E-state index is 13.4. The maximum atomic E-state index is 13.4. The van der Waals surface area contributed by atoms with Gasteiger partial charge in [-0.05, 0) is 94.9 Å². The zero-order valence-corrected chi connectivity index (χ0v) is 22.1. The zero-order chi connectivity index (χ0) is 25.5. The number of fused-ring (bicyclic) bond motifs is 1. The van der Waals surface area contributed by atoms with E-state index in [-0.39, 0.29) is 22.9 Å². The van der Waals surface area contributed by atoms with Crippen LogP contribution in [0.1, 0.15) is 80.3 Å². The number of pyridine rings is 1. The molecule has 2 aliphatic heterocycles. The third-order valence-electron chi connectivity index (χ3n) is 8.92. The second-order valence-corrected chi connectivity index (χ2v) is 11.6. The van der Waals surface area contributed by atoms with Crippen LogP contribution >= 0.6 is 0 Å². The number of ketones is 1. The molecule has 0 bridgehead atoms. The lowest BCUT2D eigenvalue weighted by Gasteiger charge is -2.35. The van der Waals surface area contributed by atoms with Gasteiger partial charge >= 0.3 is 0 Å². The highest BCUT2D eigenvalue weighted by Crippen LogP contribution is 2.34. The van der Waals surface area contributed by atoms with Gasteiger partial charge in [-0.1, -0.05) is 18.9 Å². The molecule has 2 saturated carbocycles. The number of hydrogen-bond acceptors (Lipinski definition) is 7. The molecule has 8 heteroatoms. The number of likely N-dealkylation sites (tertiary alicyclic amines) is 1. The molecule has 0 aromatic carbocycles. The van der Waals surface area contributed by atoms with Gasteiger partial charge in [0.2, 0.25) is 5.95 Å². The van der Waals surface area contributed by atoms with E-state index in [1.165, 1.54) is 52.2 Å². The van der Waals surface area contributed by atoms with E-state index in [4.69, 9.17) is 9.98 Å². The van der Waals surface area contributed by atoms with Crippen LogP contribution in [0.2, 0.25) is 0 Å². The van der Waals surface area contributed by atoms with Crippen molar-refractivity contribution in [2.24, 2.45) is 22.7 Å². The van der Waals surface area contributed by atoms with Crippen LogP contribution in [0.25, 0.3) is 11.0 Å². The van der Waals surface area contributed by atoms with Crippen molar-refractivity contribution in [2.45, 2.75) is 71.3 Å². The van der Waals surface area contributed by atoms with E-state index in [1.54, 1.807) is 10.8 Å². The first-order valence-electron chi connectivity index (χ1n) is 14.1. The number of anilines is 1. The molecule has 1 atom stereocenters. The standard InChI is InChI=1S/C29H38N6O2/c1-18-24-16-31-29(33-27(24)35(23-5-3-4-6-23)28(37)26(18)19(2)36)32-25-10-9-22(15-30-25)21-11-13-34(14-12-21)17-20-7-8-20/h9-10,16,20-23H,3-8,11-15,17H2,1-2H3,(H,30,31,32,33)/t22-/m0/s1. The van der Waals surface area contributed by atoms with E-state index < -0.39 is 0 Å². The summed E-state index contributed by atoms with van der Waals surface area (Å²) in [5.41, 5.74) is 1.30. The summed E-state index contributed by atoms with van der Waals surface area (Å²) in [4.78, 5) is 42.6. The van der Waals surface area contributed by atoms with Gasteiger partial charge < -0.3 is 10.2 Å². The van der Waals surface area contributed by atoms with Crippen molar-refractivity contribution in [1.82, 2.24) is 19.4 Å². The number of piperidine rings is 1. The Labute approximate surface area is 218 Å². The fourth-order valence-corrected chi connectivity index (χ4v) is 6.57. The molecule has 2 aliphatic carbocycles. The molecule has 196 valence electrons. The summed E-state index contributed by atoms with van der Waals surface area (Å²) in [6, 6.07) is 0.0693. The Hall–Kier alpha value is -2.87. The van der Waals surface area contributed by atoms with Gasteiger partial charge in [0.1, 0.15) is 11.5 Å². The molecule has 4 aliphatic rings. The monoisotopic (exact) mass is 502 g/mol. The van der Waals surface area contributed by atoms with Crippen molar-refractivity contribution in [3.05, 3.63) is 39.8 Å². The molecule has 3 fully saturated rings. The average Bonchev–Trinajstić information content (AvgIpc) is 3.54. The van der Waals surface area contributed by atoms with Gasteiger partial charge in [-0.15, -0.1) is 0 Å². The Bertz CT molecular complexity index is 1310. The van der Waals surface area contributed by atoms with Crippen LogP contribution in [0, 0.1) is 24.7 Å². The van der Waals surface area contributed by atoms with E-state index in [0.717, 1.165) is 49.4 Å². The lowest BCUT2D eigenvalue weighted by molar-refractivity contribution is 0.101. The molecule has 37 heavy (non-hydrogen) atoms. The van der Waals surface area contributed by atoms with Crippen LogP contribution in [0.4, 0.5) is 5.95 Å². The summed E-state index contributed by atoms with van der Waals surface area (Å²) in [6.45, 7) is 7.81. The number of nitrogens with one attached hydrogen (secondary N) is 1. The Kier molecular flexibility index (Phi) is 6.69. The Morgan fingerprint density at radius 3 is 2.51 bits per heavy atom.